The number of nitrogens with one attached hydrogen (secondary N) is 2. The van der Waals surface area contributed by atoms with Crippen LogP contribution in [0.1, 0.15) is 5.69 Å². The van der Waals surface area contributed by atoms with Crippen molar-refractivity contribution in [3.8, 4) is 11.5 Å². The van der Waals surface area contributed by atoms with E-state index in [1.807, 2.05) is 0 Å². The number of hydrogen-bond acceptors (Lipinski definition) is 4. The third-order valence-electron chi connectivity index (χ3n) is 2.18. The van der Waals surface area contributed by atoms with Crippen LogP contribution in [0.15, 0.2) is 29.1 Å². The van der Waals surface area contributed by atoms with Crippen molar-refractivity contribution in [3.05, 3.63) is 50.4 Å². The van der Waals surface area contributed by atoms with E-state index < -0.39 is 4.92 Å². The Labute approximate surface area is 95.2 Å². The zero-order valence-corrected chi connectivity index (χ0v) is 8.89. The average molecular weight is 235 g/mol. The number of H-pyrrole nitrogens is 2. The Kier molecular flexibility index (Phi) is 2.65. The first-order valence-corrected chi connectivity index (χ1v) is 4.77. The van der Waals surface area contributed by atoms with E-state index in [2.05, 4.69) is 10.2 Å². The van der Waals surface area contributed by atoms with Gasteiger partial charge in [0.2, 0.25) is 5.75 Å². The monoisotopic (exact) mass is 235 g/mol. The van der Waals surface area contributed by atoms with Crippen LogP contribution in [0.25, 0.3) is 0 Å². The van der Waals surface area contributed by atoms with Crippen molar-refractivity contribution in [2.75, 3.05) is 0 Å². The van der Waals surface area contributed by atoms with E-state index in [0.717, 1.165) is 0 Å². The number of aromatic amines is 2. The molecule has 2 rings (SSSR count). The SMILES string of the molecule is Cc1[nH][nH]c(=O)c1Oc1ccc([N+](=O)[O-])cc1. The molecule has 7 heteroatoms. The quantitative estimate of drug-likeness (QED) is 0.624. The first-order valence-electron chi connectivity index (χ1n) is 4.77. The molecule has 2 aromatic rings. The standard InChI is InChI=1S/C10H9N3O4/c1-6-9(10(14)12-11-6)17-8-4-2-7(3-5-8)13(15)16/h2-5H,1H3,(H2,11,12,14). The van der Waals surface area contributed by atoms with Gasteiger partial charge in [-0.25, -0.2) is 0 Å². The van der Waals surface area contributed by atoms with Gasteiger partial charge in [0, 0.05) is 12.1 Å². The fourth-order valence-corrected chi connectivity index (χ4v) is 1.31. The predicted molar refractivity (Wildman–Crippen MR) is 59.3 cm³/mol. The Morgan fingerprint density at radius 1 is 1.24 bits per heavy atom. The molecular weight excluding hydrogens is 226 g/mol. The number of nitro groups is 1. The van der Waals surface area contributed by atoms with Crippen LogP contribution in [0.3, 0.4) is 0 Å². The Balaban J connectivity index is 2.25. The molecule has 0 spiro atoms. The van der Waals surface area contributed by atoms with Crippen LogP contribution in [-0.2, 0) is 0 Å². The maximum atomic E-state index is 11.3. The maximum absolute atomic E-state index is 11.3. The van der Waals surface area contributed by atoms with Gasteiger partial charge in [0.1, 0.15) is 5.75 Å². The summed E-state index contributed by atoms with van der Waals surface area (Å²) < 4.78 is 5.32. The highest BCUT2D eigenvalue weighted by Crippen LogP contribution is 2.22. The van der Waals surface area contributed by atoms with Crippen LogP contribution < -0.4 is 10.3 Å². The highest BCUT2D eigenvalue weighted by atomic mass is 16.6. The molecular formula is C10H9N3O4. The van der Waals surface area contributed by atoms with Crippen molar-refractivity contribution >= 4 is 5.69 Å². The molecule has 2 N–H and O–H groups in total. The van der Waals surface area contributed by atoms with Gasteiger partial charge in [-0.05, 0) is 19.1 Å². The third-order valence-corrected chi connectivity index (χ3v) is 2.18. The number of non-ortho nitro benzene ring substituents is 1. The molecule has 0 aliphatic carbocycles. The number of rotatable bonds is 3. The molecule has 1 aromatic heterocycles. The van der Waals surface area contributed by atoms with Crippen molar-refractivity contribution in [1.82, 2.24) is 10.2 Å². The molecule has 0 saturated heterocycles. The number of nitrogens with zero attached hydrogens (tertiary/aromatic N) is 1. The maximum Gasteiger partial charge on any atom is 0.307 e. The number of aryl methyl sites for hydroxylation is 1. The third kappa shape index (κ3) is 2.17. The van der Waals surface area contributed by atoms with Gasteiger partial charge in [0.15, 0.2) is 0 Å². The number of benzene rings is 1. The highest BCUT2D eigenvalue weighted by Gasteiger charge is 2.10. The summed E-state index contributed by atoms with van der Waals surface area (Å²) in [6, 6.07) is 5.49. The summed E-state index contributed by atoms with van der Waals surface area (Å²) in [6.07, 6.45) is 0. The molecule has 17 heavy (non-hydrogen) atoms. The van der Waals surface area contributed by atoms with E-state index in [-0.39, 0.29) is 17.0 Å². The van der Waals surface area contributed by atoms with Crippen LogP contribution in [0.2, 0.25) is 0 Å². The van der Waals surface area contributed by atoms with Crippen molar-refractivity contribution in [3.63, 3.8) is 0 Å². The van der Waals surface area contributed by atoms with Gasteiger partial charge in [-0.3, -0.25) is 25.1 Å². The molecule has 1 aromatic carbocycles. The van der Waals surface area contributed by atoms with E-state index in [1.165, 1.54) is 24.3 Å². The van der Waals surface area contributed by atoms with Crippen LogP contribution in [0.4, 0.5) is 5.69 Å². The van der Waals surface area contributed by atoms with Gasteiger partial charge in [-0.15, -0.1) is 0 Å². The minimum absolute atomic E-state index is 0.0305. The first-order chi connectivity index (χ1) is 8.08. The summed E-state index contributed by atoms with van der Waals surface area (Å²) in [5.41, 5.74) is 0.159. The zero-order chi connectivity index (χ0) is 12.4. The second kappa shape index (κ2) is 4.12. The molecule has 1 heterocycles. The second-order valence-electron chi connectivity index (χ2n) is 3.39. The molecule has 0 bridgehead atoms. The Hall–Kier alpha value is -2.57. The lowest BCUT2D eigenvalue weighted by Gasteiger charge is -2.02. The highest BCUT2D eigenvalue weighted by molar-refractivity contribution is 5.38. The first kappa shape index (κ1) is 10.9. The summed E-state index contributed by atoms with van der Waals surface area (Å²) in [7, 11) is 0. The minimum Gasteiger partial charge on any atom is -0.450 e. The average Bonchev–Trinajstić information content (AvgIpc) is 2.61. The van der Waals surface area contributed by atoms with Crippen molar-refractivity contribution < 1.29 is 9.66 Å². The summed E-state index contributed by atoms with van der Waals surface area (Å²) in [5, 5.41) is 15.4. The van der Waals surface area contributed by atoms with Crippen LogP contribution in [0, 0.1) is 17.0 Å². The number of nitro benzene ring substituents is 1. The van der Waals surface area contributed by atoms with Gasteiger partial charge in [-0.2, -0.15) is 0 Å². The van der Waals surface area contributed by atoms with Gasteiger partial charge in [-0.1, -0.05) is 0 Å². The summed E-state index contributed by atoms with van der Waals surface area (Å²) >= 11 is 0. The molecule has 0 aliphatic rings. The molecule has 0 saturated carbocycles. The number of aromatic nitrogens is 2. The lowest BCUT2D eigenvalue weighted by molar-refractivity contribution is -0.384. The molecule has 88 valence electrons. The van der Waals surface area contributed by atoms with Gasteiger partial charge in [0.05, 0.1) is 10.6 Å². The van der Waals surface area contributed by atoms with E-state index >= 15 is 0 Å². The fourth-order valence-electron chi connectivity index (χ4n) is 1.31. The minimum atomic E-state index is -0.502. The Bertz CT molecular complexity index is 597. The topological polar surface area (TPSA) is 101 Å². The van der Waals surface area contributed by atoms with Crippen molar-refractivity contribution in [2.45, 2.75) is 6.92 Å². The lowest BCUT2D eigenvalue weighted by Crippen LogP contribution is -2.02. The Morgan fingerprint density at radius 2 is 1.88 bits per heavy atom. The van der Waals surface area contributed by atoms with E-state index in [9.17, 15) is 14.9 Å². The molecule has 0 atom stereocenters. The van der Waals surface area contributed by atoms with Crippen LogP contribution in [0.5, 0.6) is 11.5 Å². The number of ether oxygens (including phenoxy) is 1. The van der Waals surface area contributed by atoms with Crippen molar-refractivity contribution in [1.29, 1.82) is 0 Å². The molecule has 0 amide bonds. The summed E-state index contributed by atoms with van der Waals surface area (Å²) in [6.45, 7) is 1.68. The normalized spacial score (nSPS) is 10.2. The zero-order valence-electron chi connectivity index (χ0n) is 8.89. The molecule has 0 unspecified atom stereocenters. The van der Waals surface area contributed by atoms with Gasteiger partial charge in [0.25, 0.3) is 5.69 Å². The summed E-state index contributed by atoms with van der Waals surface area (Å²) in [4.78, 5) is 21.2. The predicted octanol–water partition coefficient (Wildman–Crippen LogP) is 1.71. The van der Waals surface area contributed by atoms with E-state index in [4.69, 9.17) is 4.74 Å². The van der Waals surface area contributed by atoms with Gasteiger partial charge < -0.3 is 4.74 Å². The van der Waals surface area contributed by atoms with Crippen LogP contribution in [-0.4, -0.2) is 15.1 Å². The van der Waals surface area contributed by atoms with Crippen LogP contribution >= 0.6 is 0 Å². The van der Waals surface area contributed by atoms with E-state index in [0.29, 0.717) is 11.4 Å². The molecule has 0 fully saturated rings. The second-order valence-corrected chi connectivity index (χ2v) is 3.39. The smallest absolute Gasteiger partial charge is 0.307 e. The number of hydrogen-bond donors (Lipinski definition) is 2. The molecule has 0 radical (unpaired) electrons. The molecule has 7 nitrogen and oxygen atoms in total. The lowest BCUT2D eigenvalue weighted by atomic mass is 10.3. The Morgan fingerprint density at radius 3 is 2.35 bits per heavy atom. The van der Waals surface area contributed by atoms with Crippen molar-refractivity contribution in [2.24, 2.45) is 0 Å². The fraction of sp³-hybridized carbons (Fsp3) is 0.100. The molecule has 0 aliphatic heterocycles. The summed E-state index contributed by atoms with van der Waals surface area (Å²) in [5.74, 6) is 0.516. The largest absolute Gasteiger partial charge is 0.450 e. The van der Waals surface area contributed by atoms with E-state index in [1.54, 1.807) is 6.92 Å². The van der Waals surface area contributed by atoms with Gasteiger partial charge >= 0.3 is 5.56 Å².